The number of hydrogen-bond acceptors (Lipinski definition) is 1. The highest BCUT2D eigenvalue weighted by atomic mass is 15.6. The van der Waals surface area contributed by atoms with Gasteiger partial charge in [-0.05, 0) is 48.0 Å². The molecule has 0 atom stereocenters. The number of pyridine rings is 2. The van der Waals surface area contributed by atoms with Crippen LogP contribution >= 0.6 is 0 Å². The van der Waals surface area contributed by atoms with Gasteiger partial charge in [0.1, 0.15) is 11.0 Å². The monoisotopic (exact) mass is 350 g/mol. The van der Waals surface area contributed by atoms with Crippen molar-refractivity contribution in [3.63, 3.8) is 0 Å². The molecule has 0 N–H and O–H groups in total. The van der Waals surface area contributed by atoms with Crippen molar-refractivity contribution >= 4 is 22.1 Å². The number of benzene rings is 1. The summed E-state index contributed by atoms with van der Waals surface area (Å²) >= 11 is 0. The van der Waals surface area contributed by atoms with E-state index in [1.807, 2.05) is 30.9 Å². The first kappa shape index (κ1) is 14.3. The summed E-state index contributed by atoms with van der Waals surface area (Å²) in [4.78, 5) is 6.71. The minimum atomic E-state index is 0.972. The first-order valence-electron chi connectivity index (χ1n) is 8.90. The van der Waals surface area contributed by atoms with Crippen LogP contribution < -0.4 is 4.79 Å². The second kappa shape index (κ2) is 5.32. The van der Waals surface area contributed by atoms with Crippen molar-refractivity contribution in [3.05, 3.63) is 97.8 Å². The van der Waals surface area contributed by atoms with Gasteiger partial charge >= 0.3 is 0 Å². The van der Waals surface area contributed by atoms with Gasteiger partial charge in [-0.25, -0.2) is 4.98 Å². The summed E-state index contributed by atoms with van der Waals surface area (Å²) in [5.74, 6) is 0. The van der Waals surface area contributed by atoms with Gasteiger partial charge in [-0.1, -0.05) is 27.4 Å². The summed E-state index contributed by atoms with van der Waals surface area (Å²) in [6, 6.07) is 23.2. The van der Waals surface area contributed by atoms with Crippen molar-refractivity contribution in [1.82, 2.24) is 18.6 Å². The molecule has 1 aromatic carbocycles. The summed E-state index contributed by atoms with van der Waals surface area (Å²) in [5, 5.41) is 0. The van der Waals surface area contributed by atoms with Crippen molar-refractivity contribution in [2.24, 2.45) is 0 Å². The molecule has 0 spiro atoms. The van der Waals surface area contributed by atoms with E-state index in [1.165, 1.54) is 16.6 Å². The van der Waals surface area contributed by atoms with Crippen LogP contribution in [0.1, 0.15) is 0 Å². The topological polar surface area (TPSA) is 30.5 Å². The molecular formula is C22H16N5+. The smallest absolute Gasteiger partial charge is 0.231 e. The van der Waals surface area contributed by atoms with E-state index in [-0.39, 0.29) is 0 Å². The molecule has 0 fully saturated rings. The Hall–Kier alpha value is -3.86. The lowest BCUT2D eigenvalue weighted by Crippen LogP contribution is -2.45. The van der Waals surface area contributed by atoms with Crippen molar-refractivity contribution in [1.29, 1.82) is 0 Å². The Balaban J connectivity index is 1.54. The minimum absolute atomic E-state index is 0.972. The zero-order valence-electron chi connectivity index (χ0n) is 14.5. The van der Waals surface area contributed by atoms with E-state index in [0.717, 1.165) is 16.6 Å². The molecule has 0 bridgehead atoms. The molecule has 0 saturated carbocycles. The fourth-order valence-electron chi connectivity index (χ4n) is 3.80. The molecule has 0 unspecified atom stereocenters. The number of aromatic nitrogens is 5. The Kier molecular flexibility index (Phi) is 2.82. The minimum Gasteiger partial charge on any atom is -0.323 e. The van der Waals surface area contributed by atoms with Crippen LogP contribution in [-0.4, -0.2) is 18.6 Å². The maximum atomic E-state index is 4.66. The van der Waals surface area contributed by atoms with Crippen LogP contribution in [-0.2, 0) is 0 Å². The normalized spacial score (nSPS) is 11.7. The van der Waals surface area contributed by atoms with E-state index < -0.39 is 0 Å². The average Bonchev–Trinajstić information content (AvgIpc) is 3.44. The Morgan fingerprint density at radius 2 is 1.70 bits per heavy atom. The quantitative estimate of drug-likeness (QED) is 0.437. The molecule has 0 saturated heterocycles. The van der Waals surface area contributed by atoms with Crippen molar-refractivity contribution in [2.45, 2.75) is 0 Å². The Labute approximate surface area is 154 Å². The molecule has 0 aliphatic rings. The highest BCUT2D eigenvalue weighted by Gasteiger charge is 2.15. The summed E-state index contributed by atoms with van der Waals surface area (Å²) in [5.41, 5.74) is 6.75. The molecule has 0 aliphatic heterocycles. The lowest BCUT2D eigenvalue weighted by molar-refractivity contribution is -0.786. The highest BCUT2D eigenvalue weighted by Crippen LogP contribution is 2.27. The van der Waals surface area contributed by atoms with Crippen LogP contribution in [0.2, 0.25) is 0 Å². The first-order valence-corrected chi connectivity index (χ1v) is 8.90. The third-order valence-corrected chi connectivity index (χ3v) is 5.09. The molecule has 5 aromatic heterocycles. The number of nitrogens with zero attached hydrogens (tertiary/aromatic N) is 5. The summed E-state index contributed by atoms with van der Waals surface area (Å²) in [6.07, 6.45) is 10.1. The van der Waals surface area contributed by atoms with Crippen LogP contribution in [0.5, 0.6) is 0 Å². The molecular weight excluding hydrogens is 334 g/mol. The van der Waals surface area contributed by atoms with Gasteiger partial charge in [-0.2, -0.15) is 0 Å². The fraction of sp³-hybridized carbons (Fsp3) is 0. The largest absolute Gasteiger partial charge is 0.323 e. The van der Waals surface area contributed by atoms with Crippen LogP contribution in [0.15, 0.2) is 97.8 Å². The predicted molar refractivity (Wildman–Crippen MR) is 105 cm³/mol. The van der Waals surface area contributed by atoms with Gasteiger partial charge < -0.3 is 4.40 Å². The molecule has 128 valence electrons. The fourth-order valence-corrected chi connectivity index (χ4v) is 3.80. The van der Waals surface area contributed by atoms with Crippen LogP contribution in [0, 0.1) is 0 Å². The number of rotatable bonds is 2. The molecule has 0 aliphatic carbocycles. The lowest BCUT2D eigenvalue weighted by Gasteiger charge is -2.05. The molecule has 5 heteroatoms. The van der Waals surface area contributed by atoms with Crippen molar-refractivity contribution in [2.75, 3.05) is 0 Å². The summed E-state index contributed by atoms with van der Waals surface area (Å²) in [7, 11) is 0. The third kappa shape index (κ3) is 2.05. The molecule has 27 heavy (non-hydrogen) atoms. The maximum absolute atomic E-state index is 4.66. The predicted octanol–water partition coefficient (Wildman–Crippen LogP) is 3.81. The molecule has 6 rings (SSSR count). The van der Waals surface area contributed by atoms with E-state index >= 15 is 0 Å². The summed E-state index contributed by atoms with van der Waals surface area (Å²) in [6.45, 7) is 0. The zero-order chi connectivity index (χ0) is 17.8. The highest BCUT2D eigenvalue weighted by molar-refractivity contribution is 5.87. The Bertz CT molecular complexity index is 1430. The van der Waals surface area contributed by atoms with Crippen LogP contribution in [0.3, 0.4) is 0 Å². The van der Waals surface area contributed by atoms with E-state index in [9.17, 15) is 0 Å². The first-order chi connectivity index (χ1) is 13.4. The molecule has 5 nitrogen and oxygen atoms in total. The molecule has 0 radical (unpaired) electrons. The van der Waals surface area contributed by atoms with Gasteiger partial charge in [0.25, 0.3) is 0 Å². The number of imidazole rings is 1. The van der Waals surface area contributed by atoms with Gasteiger partial charge in [0.15, 0.2) is 6.33 Å². The molecule has 6 aromatic rings. The van der Waals surface area contributed by atoms with Crippen LogP contribution in [0.25, 0.3) is 33.2 Å². The number of fused-ring (bicyclic) bond motifs is 3. The third-order valence-electron chi connectivity index (χ3n) is 5.09. The second-order valence-corrected chi connectivity index (χ2v) is 6.62. The SMILES string of the molecule is c1ccn2c(c1)cc[n+]2-n1cnc2cc(-c3cccn4cccc34)ccc21. The van der Waals surface area contributed by atoms with E-state index in [4.69, 9.17) is 0 Å². The molecule has 0 amide bonds. The van der Waals surface area contributed by atoms with Gasteiger partial charge in [0, 0.05) is 28.8 Å². The van der Waals surface area contributed by atoms with Gasteiger partial charge in [0.2, 0.25) is 6.20 Å². The van der Waals surface area contributed by atoms with Gasteiger partial charge in [-0.15, -0.1) is 0 Å². The molecule has 5 heterocycles. The Morgan fingerprint density at radius 3 is 2.67 bits per heavy atom. The second-order valence-electron chi connectivity index (χ2n) is 6.62. The van der Waals surface area contributed by atoms with E-state index in [2.05, 4.69) is 90.4 Å². The number of hydrogen-bond donors (Lipinski definition) is 0. The lowest BCUT2D eigenvalue weighted by atomic mass is 10.1. The van der Waals surface area contributed by atoms with Gasteiger partial charge in [0.05, 0.1) is 17.2 Å². The zero-order valence-corrected chi connectivity index (χ0v) is 14.5. The van der Waals surface area contributed by atoms with E-state index in [1.54, 1.807) is 0 Å². The van der Waals surface area contributed by atoms with Crippen molar-refractivity contribution in [3.8, 4) is 11.1 Å². The Morgan fingerprint density at radius 1 is 0.778 bits per heavy atom. The van der Waals surface area contributed by atoms with Crippen LogP contribution in [0.4, 0.5) is 0 Å². The van der Waals surface area contributed by atoms with E-state index in [0.29, 0.717) is 0 Å². The average molecular weight is 350 g/mol. The van der Waals surface area contributed by atoms with Gasteiger partial charge in [-0.3, -0.25) is 0 Å². The van der Waals surface area contributed by atoms with Crippen molar-refractivity contribution < 1.29 is 4.79 Å². The maximum Gasteiger partial charge on any atom is 0.231 e. The standard InChI is InChI=1S/C22H16N5/c1-2-13-25-18(5-1)10-14-27(25)26-16-23-20-15-17(8-9-22(20)26)19-6-3-11-24-12-4-7-21(19)24/h1-16H/q+1. The summed E-state index contributed by atoms with van der Waals surface area (Å²) < 4.78 is 6.29.